The predicted octanol–water partition coefficient (Wildman–Crippen LogP) is 4.64. The average Bonchev–Trinajstić information content (AvgIpc) is 3.21. The molecule has 0 radical (unpaired) electrons. The van der Waals surface area contributed by atoms with E-state index in [0.29, 0.717) is 0 Å². The summed E-state index contributed by atoms with van der Waals surface area (Å²) in [4.78, 5) is 28.8. The first-order chi connectivity index (χ1) is 12.7. The van der Waals surface area contributed by atoms with E-state index in [1.165, 1.54) is 25.7 Å². The number of rotatable bonds is 6. The van der Waals surface area contributed by atoms with E-state index in [0.717, 1.165) is 43.4 Å². The largest absolute Gasteiger partial charge is 0.351 e. The number of hydrogen-bond donors (Lipinski definition) is 1. The molecule has 6 heteroatoms. The van der Waals surface area contributed by atoms with Gasteiger partial charge in [-0.25, -0.2) is 0 Å². The summed E-state index contributed by atoms with van der Waals surface area (Å²) in [6.45, 7) is 0. The van der Waals surface area contributed by atoms with E-state index in [2.05, 4.69) is 5.32 Å². The zero-order valence-corrected chi connectivity index (χ0v) is 16.9. The number of carbonyl (C=O) groups is 2. The van der Waals surface area contributed by atoms with Gasteiger partial charge in [-0.15, -0.1) is 22.9 Å². The minimum absolute atomic E-state index is 0.0385. The van der Waals surface area contributed by atoms with Gasteiger partial charge in [0.25, 0.3) is 0 Å². The van der Waals surface area contributed by atoms with Crippen molar-refractivity contribution in [2.24, 2.45) is 0 Å². The molecule has 1 atom stereocenters. The van der Waals surface area contributed by atoms with Crippen molar-refractivity contribution >= 4 is 34.8 Å². The first-order valence-electron chi connectivity index (χ1n) is 9.91. The van der Waals surface area contributed by atoms with E-state index >= 15 is 0 Å². The van der Waals surface area contributed by atoms with Crippen LogP contribution < -0.4 is 5.32 Å². The lowest BCUT2D eigenvalue weighted by atomic mass is 9.92. The smallest absolute Gasteiger partial charge is 0.248 e. The van der Waals surface area contributed by atoms with Gasteiger partial charge in [-0.2, -0.15) is 0 Å². The van der Waals surface area contributed by atoms with Crippen LogP contribution in [-0.2, 0) is 9.59 Å². The molecule has 1 heterocycles. The summed E-state index contributed by atoms with van der Waals surface area (Å²) in [6.07, 6.45) is 11.0. The van der Waals surface area contributed by atoms with Gasteiger partial charge in [0.15, 0.2) is 0 Å². The third kappa shape index (κ3) is 4.80. The molecule has 0 aliphatic heterocycles. The lowest BCUT2D eigenvalue weighted by Gasteiger charge is -2.39. The molecule has 2 aliphatic rings. The normalized spacial score (nSPS) is 20.5. The molecule has 0 saturated heterocycles. The standard InChI is InChI=1S/C20H29ClN2O2S/c21-14-18(24)23(16-10-5-2-6-11-16)19(17-12-7-13-26-17)20(25)22-15-8-3-1-4-9-15/h7,12-13,15-16,19H,1-6,8-11,14H2,(H,22,25)/t19-/m1/s1. The van der Waals surface area contributed by atoms with Crippen LogP contribution in [0.1, 0.15) is 75.1 Å². The molecule has 144 valence electrons. The number of thiophene rings is 1. The van der Waals surface area contributed by atoms with Gasteiger partial charge in [-0.3, -0.25) is 9.59 Å². The number of hydrogen-bond acceptors (Lipinski definition) is 3. The first-order valence-corrected chi connectivity index (χ1v) is 11.3. The number of halogens is 1. The molecule has 2 aliphatic carbocycles. The number of nitrogens with one attached hydrogen (secondary N) is 1. The fourth-order valence-corrected chi connectivity index (χ4v) is 5.31. The molecule has 0 unspecified atom stereocenters. The molecule has 2 saturated carbocycles. The van der Waals surface area contributed by atoms with Gasteiger partial charge in [-0.05, 0) is 37.1 Å². The van der Waals surface area contributed by atoms with Gasteiger partial charge in [0.2, 0.25) is 11.8 Å². The molecule has 0 bridgehead atoms. The van der Waals surface area contributed by atoms with Gasteiger partial charge in [0.1, 0.15) is 11.9 Å². The van der Waals surface area contributed by atoms with Crippen LogP contribution in [0.5, 0.6) is 0 Å². The van der Waals surface area contributed by atoms with Crippen LogP contribution in [0, 0.1) is 0 Å². The van der Waals surface area contributed by atoms with Crippen molar-refractivity contribution in [1.29, 1.82) is 0 Å². The molecular formula is C20H29ClN2O2S. The summed E-state index contributed by atoms with van der Waals surface area (Å²) in [5, 5.41) is 5.21. The first kappa shape index (κ1) is 19.7. The molecule has 2 fully saturated rings. The summed E-state index contributed by atoms with van der Waals surface area (Å²) in [7, 11) is 0. The topological polar surface area (TPSA) is 49.4 Å². The Morgan fingerprint density at radius 1 is 1.12 bits per heavy atom. The van der Waals surface area contributed by atoms with Crippen molar-refractivity contribution in [2.45, 2.75) is 82.3 Å². The third-order valence-corrected chi connectivity index (χ3v) is 6.81. The van der Waals surface area contributed by atoms with Gasteiger partial charge < -0.3 is 10.2 Å². The lowest BCUT2D eigenvalue weighted by molar-refractivity contribution is -0.142. The van der Waals surface area contributed by atoms with E-state index in [1.54, 1.807) is 16.2 Å². The molecule has 3 rings (SSSR count). The second kappa shape index (κ2) is 9.75. The van der Waals surface area contributed by atoms with E-state index in [-0.39, 0.29) is 29.8 Å². The maximum Gasteiger partial charge on any atom is 0.248 e. The van der Waals surface area contributed by atoms with Crippen LogP contribution in [-0.4, -0.2) is 34.7 Å². The molecule has 1 aromatic rings. The number of nitrogens with zero attached hydrogens (tertiary/aromatic N) is 1. The Hall–Kier alpha value is -1.07. The van der Waals surface area contributed by atoms with Crippen molar-refractivity contribution < 1.29 is 9.59 Å². The van der Waals surface area contributed by atoms with Crippen molar-refractivity contribution in [3.05, 3.63) is 22.4 Å². The highest BCUT2D eigenvalue weighted by Gasteiger charge is 2.37. The fourth-order valence-electron chi connectivity index (χ4n) is 4.35. The highest BCUT2D eigenvalue weighted by atomic mass is 35.5. The van der Waals surface area contributed by atoms with E-state index < -0.39 is 6.04 Å². The molecule has 1 N–H and O–H groups in total. The fraction of sp³-hybridized carbons (Fsp3) is 0.700. The quantitative estimate of drug-likeness (QED) is 0.712. The van der Waals surface area contributed by atoms with Gasteiger partial charge in [-0.1, -0.05) is 44.6 Å². The predicted molar refractivity (Wildman–Crippen MR) is 107 cm³/mol. The van der Waals surface area contributed by atoms with Crippen molar-refractivity contribution in [3.8, 4) is 0 Å². The Labute approximate surface area is 165 Å². The number of carbonyl (C=O) groups excluding carboxylic acids is 2. The molecule has 4 nitrogen and oxygen atoms in total. The minimum atomic E-state index is -0.550. The molecule has 0 aromatic carbocycles. The summed E-state index contributed by atoms with van der Waals surface area (Å²) in [6, 6.07) is 3.71. The van der Waals surface area contributed by atoms with Crippen LogP contribution in [0.25, 0.3) is 0 Å². The highest BCUT2D eigenvalue weighted by Crippen LogP contribution is 2.33. The van der Waals surface area contributed by atoms with Crippen LogP contribution in [0.2, 0.25) is 0 Å². The number of amides is 2. The maximum atomic E-state index is 13.3. The monoisotopic (exact) mass is 396 g/mol. The van der Waals surface area contributed by atoms with Gasteiger partial charge >= 0.3 is 0 Å². The molecule has 1 aromatic heterocycles. The summed E-state index contributed by atoms with van der Waals surface area (Å²) in [5.74, 6) is -0.242. The minimum Gasteiger partial charge on any atom is -0.351 e. The van der Waals surface area contributed by atoms with Crippen molar-refractivity contribution in [2.75, 3.05) is 5.88 Å². The van der Waals surface area contributed by atoms with Crippen molar-refractivity contribution in [1.82, 2.24) is 10.2 Å². The summed E-state index contributed by atoms with van der Waals surface area (Å²) >= 11 is 7.49. The zero-order valence-electron chi connectivity index (χ0n) is 15.3. The van der Waals surface area contributed by atoms with Crippen molar-refractivity contribution in [3.63, 3.8) is 0 Å². The molecule has 0 spiro atoms. The van der Waals surface area contributed by atoms with Gasteiger partial charge in [0, 0.05) is 17.0 Å². The zero-order chi connectivity index (χ0) is 18.4. The molecular weight excluding hydrogens is 368 g/mol. The van der Waals surface area contributed by atoms with Crippen LogP contribution in [0.3, 0.4) is 0 Å². The molecule has 26 heavy (non-hydrogen) atoms. The second-order valence-corrected chi connectivity index (χ2v) is 8.73. The van der Waals surface area contributed by atoms with Crippen LogP contribution in [0.15, 0.2) is 17.5 Å². The lowest BCUT2D eigenvalue weighted by Crippen LogP contribution is -2.51. The van der Waals surface area contributed by atoms with E-state index in [9.17, 15) is 9.59 Å². The Balaban J connectivity index is 1.84. The second-order valence-electron chi connectivity index (χ2n) is 7.49. The third-order valence-electron chi connectivity index (χ3n) is 5.66. The van der Waals surface area contributed by atoms with E-state index in [4.69, 9.17) is 11.6 Å². The van der Waals surface area contributed by atoms with Crippen LogP contribution in [0.4, 0.5) is 0 Å². The Morgan fingerprint density at radius 2 is 1.77 bits per heavy atom. The van der Waals surface area contributed by atoms with E-state index in [1.807, 2.05) is 17.5 Å². The van der Waals surface area contributed by atoms with Crippen LogP contribution >= 0.6 is 22.9 Å². The highest BCUT2D eigenvalue weighted by molar-refractivity contribution is 7.10. The van der Waals surface area contributed by atoms with Gasteiger partial charge in [0.05, 0.1) is 0 Å². The maximum absolute atomic E-state index is 13.3. The SMILES string of the molecule is O=C(NC1CCCCC1)[C@@H](c1cccs1)N(C(=O)CCl)C1CCCCC1. The summed E-state index contributed by atoms with van der Waals surface area (Å²) in [5.41, 5.74) is 0. The molecule has 2 amide bonds. The Morgan fingerprint density at radius 3 is 2.35 bits per heavy atom. The Bertz CT molecular complexity index is 581. The number of alkyl halides is 1. The summed E-state index contributed by atoms with van der Waals surface area (Å²) < 4.78 is 0. The Kier molecular flexibility index (Phi) is 7.38. The average molecular weight is 397 g/mol.